The van der Waals surface area contributed by atoms with Crippen molar-refractivity contribution in [2.45, 2.75) is 0 Å². The van der Waals surface area contributed by atoms with Crippen LogP contribution in [0.2, 0.25) is 0 Å². The fourth-order valence-corrected chi connectivity index (χ4v) is 1.14. The molecule has 0 aliphatic rings. The first-order valence-corrected chi connectivity index (χ1v) is 4.00. The molecule has 12 heavy (non-hydrogen) atoms. The Morgan fingerprint density at radius 2 is 2.50 bits per heavy atom. The summed E-state index contributed by atoms with van der Waals surface area (Å²) in [5.41, 5.74) is 6.05. The summed E-state index contributed by atoms with van der Waals surface area (Å²) in [6.45, 7) is 0.204. The molecule has 0 unspecified atom stereocenters. The Bertz CT molecular complexity index is 319. The minimum atomic E-state index is 0.204. The number of halogens is 1. The fraction of sp³-hybridized carbons (Fsp3) is 0.125. The summed E-state index contributed by atoms with van der Waals surface area (Å²) in [6.07, 6.45) is 6.52. The normalized spacial score (nSPS) is 9.00. The molecule has 1 heterocycles. The molecule has 0 aliphatic carbocycles. The first kappa shape index (κ1) is 8.88. The lowest BCUT2D eigenvalue weighted by Gasteiger charge is -2.03. The van der Waals surface area contributed by atoms with Gasteiger partial charge in [-0.3, -0.25) is 0 Å². The second-order valence-electron chi connectivity index (χ2n) is 2.05. The Labute approximate surface area is 79.1 Å². The first-order chi connectivity index (χ1) is 5.74. The van der Waals surface area contributed by atoms with Crippen molar-refractivity contribution < 1.29 is 4.74 Å². The Hall–Kier alpha value is -1.21. The summed E-state index contributed by atoms with van der Waals surface area (Å²) >= 11 is 3.24. The highest BCUT2D eigenvalue weighted by molar-refractivity contribution is 9.10. The van der Waals surface area contributed by atoms with E-state index in [9.17, 15) is 0 Å². The molecule has 0 atom stereocenters. The van der Waals surface area contributed by atoms with Crippen LogP contribution >= 0.6 is 15.9 Å². The second kappa shape index (κ2) is 3.98. The molecule has 1 rings (SSSR count). The van der Waals surface area contributed by atoms with Gasteiger partial charge in [-0.25, -0.2) is 4.98 Å². The monoisotopic (exact) mass is 226 g/mol. The Morgan fingerprint density at radius 3 is 3.08 bits per heavy atom. The van der Waals surface area contributed by atoms with E-state index < -0.39 is 0 Å². The SMILES string of the molecule is C#CCOc1ncc(N)cc1Br. The fourth-order valence-electron chi connectivity index (χ4n) is 0.656. The molecule has 4 heteroatoms. The lowest BCUT2D eigenvalue weighted by Crippen LogP contribution is -1.97. The van der Waals surface area contributed by atoms with Crippen molar-refractivity contribution in [2.24, 2.45) is 0 Å². The highest BCUT2D eigenvalue weighted by atomic mass is 79.9. The number of rotatable bonds is 2. The molecule has 3 nitrogen and oxygen atoms in total. The zero-order chi connectivity index (χ0) is 8.97. The summed E-state index contributed by atoms with van der Waals surface area (Å²) in [6, 6.07) is 1.71. The van der Waals surface area contributed by atoms with E-state index in [-0.39, 0.29) is 6.61 Å². The molecule has 0 aromatic carbocycles. The number of hydrogen-bond donors (Lipinski definition) is 1. The van der Waals surface area contributed by atoms with Gasteiger partial charge in [-0.1, -0.05) is 5.92 Å². The van der Waals surface area contributed by atoms with E-state index in [1.54, 1.807) is 6.07 Å². The molecular formula is C8H7BrN2O. The van der Waals surface area contributed by atoms with Gasteiger partial charge < -0.3 is 10.5 Å². The van der Waals surface area contributed by atoms with E-state index in [2.05, 4.69) is 26.8 Å². The maximum atomic E-state index is 5.47. The lowest BCUT2D eigenvalue weighted by atomic mass is 10.4. The van der Waals surface area contributed by atoms with Crippen molar-refractivity contribution in [3.05, 3.63) is 16.7 Å². The van der Waals surface area contributed by atoms with Crippen LogP contribution in [0.3, 0.4) is 0 Å². The molecule has 62 valence electrons. The Kier molecular flexibility index (Phi) is 2.94. The van der Waals surface area contributed by atoms with Crippen LogP contribution in [0.1, 0.15) is 0 Å². The van der Waals surface area contributed by atoms with Crippen molar-refractivity contribution in [1.29, 1.82) is 0 Å². The van der Waals surface area contributed by atoms with E-state index in [0.29, 0.717) is 16.0 Å². The molecule has 0 spiro atoms. The molecule has 0 aliphatic heterocycles. The number of terminal acetylenes is 1. The van der Waals surface area contributed by atoms with Gasteiger partial charge >= 0.3 is 0 Å². The molecule has 1 aromatic heterocycles. The topological polar surface area (TPSA) is 48.1 Å². The van der Waals surface area contributed by atoms with Crippen molar-refractivity contribution in [2.75, 3.05) is 12.3 Å². The van der Waals surface area contributed by atoms with Crippen LogP contribution in [0.15, 0.2) is 16.7 Å². The molecule has 0 saturated heterocycles. The number of anilines is 1. The highest BCUT2D eigenvalue weighted by Gasteiger charge is 2.01. The predicted octanol–water partition coefficient (Wildman–Crippen LogP) is 1.44. The van der Waals surface area contributed by atoms with Gasteiger partial charge in [0.1, 0.15) is 0 Å². The number of aromatic nitrogens is 1. The van der Waals surface area contributed by atoms with E-state index in [4.69, 9.17) is 16.9 Å². The van der Waals surface area contributed by atoms with Gasteiger partial charge in [-0.05, 0) is 22.0 Å². The maximum absolute atomic E-state index is 5.47. The number of nitrogens with zero attached hydrogens (tertiary/aromatic N) is 1. The largest absolute Gasteiger partial charge is 0.464 e. The van der Waals surface area contributed by atoms with Gasteiger partial charge in [0.25, 0.3) is 0 Å². The van der Waals surface area contributed by atoms with Crippen LogP contribution in [0.4, 0.5) is 5.69 Å². The molecule has 0 saturated carbocycles. The van der Waals surface area contributed by atoms with E-state index in [1.165, 1.54) is 6.20 Å². The standard InChI is InChI=1S/C8H7BrN2O/c1-2-3-12-8-7(9)4-6(10)5-11-8/h1,4-5H,3,10H2. The summed E-state index contributed by atoms with van der Waals surface area (Å²) in [4.78, 5) is 3.93. The third kappa shape index (κ3) is 2.14. The first-order valence-electron chi connectivity index (χ1n) is 3.21. The minimum Gasteiger partial charge on any atom is -0.464 e. The molecule has 0 bridgehead atoms. The van der Waals surface area contributed by atoms with Crippen molar-refractivity contribution in [1.82, 2.24) is 4.98 Å². The summed E-state index contributed by atoms with van der Waals surface area (Å²) in [7, 11) is 0. The Balaban J connectivity index is 2.81. The van der Waals surface area contributed by atoms with Gasteiger partial charge in [-0.2, -0.15) is 0 Å². The van der Waals surface area contributed by atoms with Gasteiger partial charge in [0.05, 0.1) is 16.4 Å². The predicted molar refractivity (Wildman–Crippen MR) is 50.7 cm³/mol. The maximum Gasteiger partial charge on any atom is 0.229 e. The molecule has 2 N–H and O–H groups in total. The van der Waals surface area contributed by atoms with E-state index in [0.717, 1.165) is 0 Å². The molecule has 1 aromatic rings. The van der Waals surface area contributed by atoms with Gasteiger partial charge in [0.15, 0.2) is 6.61 Å². The average Bonchev–Trinajstić information content (AvgIpc) is 2.03. The van der Waals surface area contributed by atoms with Crippen molar-refractivity contribution in [3.8, 4) is 18.2 Å². The number of ether oxygens (including phenoxy) is 1. The minimum absolute atomic E-state index is 0.204. The number of pyridine rings is 1. The molecule has 0 amide bonds. The van der Waals surface area contributed by atoms with Crippen LogP contribution in [-0.4, -0.2) is 11.6 Å². The second-order valence-corrected chi connectivity index (χ2v) is 2.90. The summed E-state index contributed by atoms with van der Waals surface area (Å²) in [5, 5.41) is 0. The van der Waals surface area contributed by atoms with Crippen LogP contribution in [0, 0.1) is 12.3 Å². The van der Waals surface area contributed by atoms with E-state index >= 15 is 0 Å². The number of hydrogen-bond acceptors (Lipinski definition) is 3. The van der Waals surface area contributed by atoms with Crippen LogP contribution in [0.5, 0.6) is 5.88 Å². The van der Waals surface area contributed by atoms with Crippen LogP contribution < -0.4 is 10.5 Å². The van der Waals surface area contributed by atoms with Crippen LogP contribution in [-0.2, 0) is 0 Å². The quantitative estimate of drug-likeness (QED) is 0.777. The number of nitrogen functional groups attached to an aromatic ring is 1. The smallest absolute Gasteiger partial charge is 0.229 e. The average molecular weight is 227 g/mol. The zero-order valence-corrected chi connectivity index (χ0v) is 7.84. The zero-order valence-electron chi connectivity index (χ0n) is 6.25. The third-order valence-electron chi connectivity index (χ3n) is 1.12. The van der Waals surface area contributed by atoms with E-state index in [1.807, 2.05) is 0 Å². The van der Waals surface area contributed by atoms with Crippen molar-refractivity contribution in [3.63, 3.8) is 0 Å². The van der Waals surface area contributed by atoms with Gasteiger partial charge in [0.2, 0.25) is 5.88 Å². The summed E-state index contributed by atoms with van der Waals surface area (Å²) < 4.78 is 5.80. The third-order valence-corrected chi connectivity index (χ3v) is 1.69. The lowest BCUT2D eigenvalue weighted by molar-refractivity contribution is 0.353. The highest BCUT2D eigenvalue weighted by Crippen LogP contribution is 2.23. The van der Waals surface area contributed by atoms with Gasteiger partial charge in [-0.15, -0.1) is 6.42 Å². The van der Waals surface area contributed by atoms with Crippen molar-refractivity contribution >= 4 is 21.6 Å². The number of nitrogens with two attached hydrogens (primary N) is 1. The molecular weight excluding hydrogens is 220 g/mol. The van der Waals surface area contributed by atoms with Gasteiger partial charge in [0, 0.05) is 0 Å². The summed E-state index contributed by atoms with van der Waals surface area (Å²) in [5.74, 6) is 2.80. The molecule has 0 radical (unpaired) electrons. The molecule has 0 fully saturated rings. The Morgan fingerprint density at radius 1 is 1.75 bits per heavy atom. The van der Waals surface area contributed by atoms with Crippen LogP contribution in [0.25, 0.3) is 0 Å².